The molecule has 6 nitrogen and oxygen atoms in total. The van der Waals surface area contributed by atoms with Gasteiger partial charge in [-0.1, -0.05) is 11.2 Å². The van der Waals surface area contributed by atoms with Crippen LogP contribution in [-0.2, 0) is 22.9 Å². The summed E-state index contributed by atoms with van der Waals surface area (Å²) in [5.74, 6) is -0.181. The second-order valence-electron chi connectivity index (χ2n) is 4.20. The maximum absolute atomic E-state index is 11.9. The number of benzene rings is 1. The Hall–Kier alpha value is -1.60. The second-order valence-corrected chi connectivity index (χ2v) is 5.97. The second kappa shape index (κ2) is 4.95. The highest BCUT2D eigenvalue weighted by atomic mass is 32.2. The van der Waals surface area contributed by atoms with Crippen LogP contribution in [0.2, 0.25) is 0 Å². The summed E-state index contributed by atoms with van der Waals surface area (Å²) in [4.78, 5) is 0.217. The van der Waals surface area contributed by atoms with Crippen molar-refractivity contribution in [2.75, 3.05) is 6.54 Å². The van der Waals surface area contributed by atoms with Crippen molar-refractivity contribution in [1.82, 2.24) is 4.72 Å². The van der Waals surface area contributed by atoms with E-state index in [4.69, 9.17) is 10.9 Å². The average Bonchev–Trinajstić information content (AvgIpc) is 2.83. The molecule has 98 valence electrons. The van der Waals surface area contributed by atoms with Crippen molar-refractivity contribution in [2.24, 2.45) is 10.9 Å². The summed E-state index contributed by atoms with van der Waals surface area (Å²) in [6.07, 6.45) is 2.99. The lowest BCUT2D eigenvalue weighted by molar-refractivity contribution is 0.317. The van der Waals surface area contributed by atoms with E-state index in [9.17, 15) is 8.42 Å². The van der Waals surface area contributed by atoms with Gasteiger partial charge in [-0.2, -0.15) is 0 Å². The van der Waals surface area contributed by atoms with Crippen LogP contribution in [0, 0.1) is 0 Å². The summed E-state index contributed by atoms with van der Waals surface area (Å²) >= 11 is 0. The third kappa shape index (κ3) is 2.62. The zero-order valence-corrected chi connectivity index (χ0v) is 10.6. The van der Waals surface area contributed by atoms with Gasteiger partial charge in [-0.25, -0.2) is 13.1 Å². The number of rotatable bonds is 4. The molecule has 0 bridgehead atoms. The zero-order chi connectivity index (χ0) is 13.2. The molecule has 0 spiro atoms. The van der Waals surface area contributed by atoms with Gasteiger partial charge in [0.1, 0.15) is 0 Å². The van der Waals surface area contributed by atoms with E-state index in [1.165, 1.54) is 5.56 Å². The van der Waals surface area contributed by atoms with Gasteiger partial charge >= 0.3 is 0 Å². The van der Waals surface area contributed by atoms with E-state index in [-0.39, 0.29) is 17.3 Å². The Kier molecular flexibility index (Phi) is 3.53. The number of aryl methyl sites for hydroxylation is 2. The molecule has 1 aliphatic carbocycles. The number of sulfonamides is 1. The van der Waals surface area contributed by atoms with Gasteiger partial charge in [0.2, 0.25) is 10.0 Å². The molecular formula is C11H15N3O3S. The van der Waals surface area contributed by atoms with Crippen molar-refractivity contribution in [3.63, 3.8) is 0 Å². The lowest BCUT2D eigenvalue weighted by Crippen LogP contribution is -2.33. The van der Waals surface area contributed by atoms with Gasteiger partial charge in [0, 0.05) is 0 Å². The van der Waals surface area contributed by atoms with Crippen LogP contribution < -0.4 is 10.5 Å². The van der Waals surface area contributed by atoms with Crippen LogP contribution in [0.25, 0.3) is 0 Å². The summed E-state index contributed by atoms with van der Waals surface area (Å²) in [6, 6.07) is 5.12. The van der Waals surface area contributed by atoms with Crippen molar-refractivity contribution in [2.45, 2.75) is 24.2 Å². The van der Waals surface area contributed by atoms with Crippen LogP contribution in [0.4, 0.5) is 0 Å². The Morgan fingerprint density at radius 1 is 1.39 bits per heavy atom. The monoisotopic (exact) mass is 269 g/mol. The molecule has 1 aromatic carbocycles. The van der Waals surface area contributed by atoms with Gasteiger partial charge in [-0.3, -0.25) is 0 Å². The highest BCUT2D eigenvalue weighted by Gasteiger charge is 2.18. The quantitative estimate of drug-likeness (QED) is 0.314. The van der Waals surface area contributed by atoms with E-state index in [1.807, 2.05) is 6.07 Å². The Morgan fingerprint density at radius 2 is 2.11 bits per heavy atom. The number of fused-ring (bicyclic) bond motifs is 1. The van der Waals surface area contributed by atoms with E-state index < -0.39 is 10.0 Å². The van der Waals surface area contributed by atoms with Crippen molar-refractivity contribution in [3.8, 4) is 0 Å². The van der Waals surface area contributed by atoms with Gasteiger partial charge in [0.05, 0.1) is 11.4 Å². The normalized spacial score (nSPS) is 15.7. The molecule has 0 aromatic heterocycles. The molecular weight excluding hydrogens is 254 g/mol. The summed E-state index contributed by atoms with van der Waals surface area (Å²) in [5, 5.41) is 11.1. The van der Waals surface area contributed by atoms with Crippen LogP contribution >= 0.6 is 0 Å². The Bertz CT molecular complexity index is 581. The number of nitrogens with two attached hydrogens (primary N) is 1. The molecule has 0 atom stereocenters. The number of nitrogens with zero attached hydrogens (tertiary/aromatic N) is 1. The molecule has 0 aliphatic heterocycles. The largest absolute Gasteiger partial charge is 0.409 e. The maximum atomic E-state index is 11.9. The summed E-state index contributed by atoms with van der Waals surface area (Å²) in [7, 11) is -3.61. The SMILES string of the molecule is N/C(CNS(=O)(=O)c1ccc2c(c1)CCC2)=N\O. The molecule has 0 radical (unpaired) electrons. The maximum Gasteiger partial charge on any atom is 0.240 e. The fourth-order valence-electron chi connectivity index (χ4n) is 2.00. The minimum absolute atomic E-state index is 0.181. The highest BCUT2D eigenvalue weighted by molar-refractivity contribution is 7.89. The first-order valence-corrected chi connectivity index (χ1v) is 7.09. The lowest BCUT2D eigenvalue weighted by Gasteiger charge is -2.07. The van der Waals surface area contributed by atoms with Gasteiger partial charge in [-0.15, -0.1) is 0 Å². The lowest BCUT2D eigenvalue weighted by atomic mass is 10.1. The van der Waals surface area contributed by atoms with Gasteiger partial charge < -0.3 is 10.9 Å². The molecule has 0 saturated carbocycles. The first kappa shape index (κ1) is 12.8. The molecule has 1 aromatic rings. The van der Waals surface area contributed by atoms with Gasteiger partial charge in [0.15, 0.2) is 5.84 Å². The fourth-order valence-corrected chi connectivity index (χ4v) is 3.05. The number of nitrogens with one attached hydrogen (secondary N) is 1. The van der Waals surface area contributed by atoms with Gasteiger partial charge in [0.25, 0.3) is 0 Å². The van der Waals surface area contributed by atoms with Crippen molar-refractivity contribution >= 4 is 15.9 Å². The predicted octanol–water partition coefficient (Wildman–Crippen LogP) is 0.200. The average molecular weight is 269 g/mol. The highest BCUT2D eigenvalue weighted by Crippen LogP contribution is 2.24. The zero-order valence-electron chi connectivity index (χ0n) is 9.76. The standard InChI is InChI=1S/C11H15N3O3S/c12-11(14-15)7-13-18(16,17)10-5-4-8-2-1-3-9(8)6-10/h4-6,13,15H,1-3,7H2,(H2,12,14). The smallest absolute Gasteiger partial charge is 0.240 e. The molecule has 0 amide bonds. The van der Waals surface area contributed by atoms with Crippen molar-refractivity contribution < 1.29 is 13.6 Å². The third-order valence-corrected chi connectivity index (χ3v) is 4.35. The van der Waals surface area contributed by atoms with Crippen molar-refractivity contribution in [1.29, 1.82) is 0 Å². The summed E-state index contributed by atoms with van der Waals surface area (Å²) in [5.41, 5.74) is 7.52. The molecule has 2 rings (SSSR count). The number of hydrogen-bond acceptors (Lipinski definition) is 4. The first-order valence-electron chi connectivity index (χ1n) is 5.61. The van der Waals surface area contributed by atoms with Crippen LogP contribution in [-0.4, -0.2) is 26.0 Å². The van der Waals surface area contributed by atoms with E-state index in [2.05, 4.69) is 9.88 Å². The topological polar surface area (TPSA) is 105 Å². The van der Waals surface area contributed by atoms with Crippen LogP contribution in [0.5, 0.6) is 0 Å². The van der Waals surface area contributed by atoms with E-state index >= 15 is 0 Å². The van der Waals surface area contributed by atoms with E-state index in [1.54, 1.807) is 12.1 Å². The van der Waals surface area contributed by atoms with Crippen molar-refractivity contribution in [3.05, 3.63) is 29.3 Å². The number of amidine groups is 1. The number of hydrogen-bond donors (Lipinski definition) is 3. The van der Waals surface area contributed by atoms with E-state index in [0.29, 0.717) is 0 Å². The number of oxime groups is 1. The first-order chi connectivity index (χ1) is 8.53. The molecule has 0 saturated heterocycles. The molecule has 18 heavy (non-hydrogen) atoms. The predicted molar refractivity (Wildman–Crippen MR) is 67.1 cm³/mol. The van der Waals surface area contributed by atoms with Crippen LogP contribution in [0.3, 0.4) is 0 Å². The minimum atomic E-state index is -3.61. The Labute approximate surface area is 106 Å². The molecule has 1 aliphatic rings. The molecule has 0 unspecified atom stereocenters. The van der Waals surface area contributed by atoms with Gasteiger partial charge in [-0.05, 0) is 42.5 Å². The minimum Gasteiger partial charge on any atom is -0.409 e. The fraction of sp³-hybridized carbons (Fsp3) is 0.364. The third-order valence-electron chi connectivity index (χ3n) is 2.95. The van der Waals surface area contributed by atoms with E-state index in [0.717, 1.165) is 24.8 Å². The van der Waals surface area contributed by atoms with Crippen LogP contribution in [0.15, 0.2) is 28.3 Å². The summed E-state index contributed by atoms with van der Waals surface area (Å²) < 4.78 is 26.2. The Balaban J connectivity index is 2.20. The Morgan fingerprint density at radius 3 is 2.83 bits per heavy atom. The molecule has 4 N–H and O–H groups in total. The molecule has 0 heterocycles. The summed E-state index contributed by atoms with van der Waals surface area (Å²) in [6.45, 7) is -0.212. The molecule has 0 fully saturated rings. The molecule has 7 heteroatoms. The van der Waals surface area contributed by atoms with Crippen LogP contribution in [0.1, 0.15) is 17.5 Å².